The van der Waals surface area contributed by atoms with Crippen LogP contribution in [0.1, 0.15) is 23.2 Å². The van der Waals surface area contributed by atoms with Gasteiger partial charge in [0.2, 0.25) is 10.0 Å². The standard InChI is InChI=1S/C17H20N2O6S/c1-2-9-18-26(23,24)14-7-5-12(6-8-14)16(20)19-15(17(21)22)13-4-3-10-25-11-13/h1,5-8,13,15,18H,3-4,9-11H2,(H,19,20)(H,21,22). The van der Waals surface area contributed by atoms with E-state index >= 15 is 0 Å². The van der Waals surface area contributed by atoms with Gasteiger partial charge in [-0.3, -0.25) is 4.79 Å². The van der Waals surface area contributed by atoms with E-state index in [1.54, 1.807) is 0 Å². The summed E-state index contributed by atoms with van der Waals surface area (Å²) >= 11 is 0. The average Bonchev–Trinajstić information content (AvgIpc) is 2.65. The number of benzene rings is 1. The molecule has 140 valence electrons. The second kappa shape index (κ2) is 8.80. The summed E-state index contributed by atoms with van der Waals surface area (Å²) in [4.78, 5) is 23.8. The van der Waals surface area contributed by atoms with Gasteiger partial charge in [0.05, 0.1) is 18.0 Å². The molecule has 1 fully saturated rings. The van der Waals surface area contributed by atoms with Crippen LogP contribution in [0.15, 0.2) is 29.2 Å². The minimum atomic E-state index is -3.75. The zero-order valence-corrected chi connectivity index (χ0v) is 14.8. The number of rotatable bonds is 7. The molecule has 26 heavy (non-hydrogen) atoms. The number of carbonyl (C=O) groups is 2. The molecule has 3 N–H and O–H groups in total. The van der Waals surface area contributed by atoms with Crippen LogP contribution in [0.2, 0.25) is 0 Å². The third-order valence-corrected chi connectivity index (χ3v) is 5.43. The maximum atomic E-state index is 12.3. The van der Waals surface area contributed by atoms with E-state index in [4.69, 9.17) is 11.2 Å². The number of carbonyl (C=O) groups excluding carboxylic acids is 1. The summed E-state index contributed by atoms with van der Waals surface area (Å²) in [5, 5.41) is 11.9. The molecule has 0 aromatic heterocycles. The fourth-order valence-corrected chi connectivity index (χ4v) is 3.57. The summed E-state index contributed by atoms with van der Waals surface area (Å²) in [5.41, 5.74) is 0.156. The summed E-state index contributed by atoms with van der Waals surface area (Å²) < 4.78 is 31.4. The third-order valence-electron chi connectivity index (χ3n) is 4.01. The molecule has 0 spiro atoms. The van der Waals surface area contributed by atoms with Crippen molar-refractivity contribution in [3.05, 3.63) is 29.8 Å². The van der Waals surface area contributed by atoms with Crippen molar-refractivity contribution in [2.75, 3.05) is 19.8 Å². The number of sulfonamides is 1. The van der Waals surface area contributed by atoms with E-state index < -0.39 is 27.9 Å². The van der Waals surface area contributed by atoms with E-state index in [1.807, 2.05) is 0 Å². The van der Waals surface area contributed by atoms with Gasteiger partial charge in [-0.15, -0.1) is 6.42 Å². The quantitative estimate of drug-likeness (QED) is 0.581. The van der Waals surface area contributed by atoms with Crippen molar-refractivity contribution in [1.29, 1.82) is 0 Å². The first kappa shape index (κ1) is 19.9. The van der Waals surface area contributed by atoms with Crippen LogP contribution in [0.25, 0.3) is 0 Å². The topological polar surface area (TPSA) is 122 Å². The Balaban J connectivity index is 2.09. The number of ether oxygens (including phenoxy) is 1. The molecule has 0 radical (unpaired) electrons. The fraction of sp³-hybridized carbons (Fsp3) is 0.412. The Kier molecular flexibility index (Phi) is 6.74. The van der Waals surface area contributed by atoms with Crippen LogP contribution < -0.4 is 10.0 Å². The molecule has 2 unspecified atom stereocenters. The molecule has 0 aliphatic carbocycles. The molecule has 1 aromatic carbocycles. The highest BCUT2D eigenvalue weighted by atomic mass is 32.2. The number of aliphatic carboxylic acids is 1. The van der Waals surface area contributed by atoms with Crippen molar-refractivity contribution in [2.45, 2.75) is 23.8 Å². The van der Waals surface area contributed by atoms with Gasteiger partial charge in [0.25, 0.3) is 5.91 Å². The summed E-state index contributed by atoms with van der Waals surface area (Å²) in [6, 6.07) is 4.08. The number of amides is 1. The first-order valence-corrected chi connectivity index (χ1v) is 9.48. The van der Waals surface area contributed by atoms with Crippen molar-refractivity contribution in [3.63, 3.8) is 0 Å². The second-order valence-corrected chi connectivity index (χ2v) is 7.59. The van der Waals surface area contributed by atoms with E-state index in [9.17, 15) is 23.1 Å². The van der Waals surface area contributed by atoms with Crippen molar-refractivity contribution < 1.29 is 27.9 Å². The van der Waals surface area contributed by atoms with E-state index in [-0.39, 0.29) is 29.5 Å². The number of hydrogen-bond acceptors (Lipinski definition) is 5. The number of carboxylic acid groups (broad SMARTS) is 1. The number of carboxylic acids is 1. The highest BCUT2D eigenvalue weighted by molar-refractivity contribution is 7.89. The third kappa shape index (κ3) is 5.05. The van der Waals surface area contributed by atoms with Crippen LogP contribution in [-0.4, -0.2) is 51.2 Å². The normalized spacial score (nSPS) is 18.5. The maximum Gasteiger partial charge on any atom is 0.326 e. The maximum absolute atomic E-state index is 12.3. The average molecular weight is 380 g/mol. The predicted molar refractivity (Wildman–Crippen MR) is 92.9 cm³/mol. The molecule has 1 aromatic rings. The second-order valence-electron chi connectivity index (χ2n) is 5.82. The van der Waals surface area contributed by atoms with Crippen LogP contribution in [0, 0.1) is 18.3 Å². The highest BCUT2D eigenvalue weighted by Crippen LogP contribution is 2.18. The molecule has 0 saturated carbocycles. The Morgan fingerprint density at radius 3 is 2.58 bits per heavy atom. The van der Waals surface area contributed by atoms with Gasteiger partial charge in [-0.1, -0.05) is 5.92 Å². The molecule has 9 heteroatoms. The van der Waals surface area contributed by atoms with Crippen LogP contribution in [0.4, 0.5) is 0 Å². The first-order chi connectivity index (χ1) is 12.3. The highest BCUT2D eigenvalue weighted by Gasteiger charge is 2.31. The largest absolute Gasteiger partial charge is 0.480 e. The van der Waals surface area contributed by atoms with Crippen LogP contribution in [0.5, 0.6) is 0 Å². The van der Waals surface area contributed by atoms with E-state index in [0.29, 0.717) is 13.0 Å². The molecule has 1 heterocycles. The molecule has 1 aliphatic rings. The lowest BCUT2D eigenvalue weighted by Gasteiger charge is -2.28. The molecule has 1 aliphatic heterocycles. The van der Waals surface area contributed by atoms with Crippen molar-refractivity contribution in [1.82, 2.24) is 10.0 Å². The number of nitrogens with one attached hydrogen (secondary N) is 2. The molecular formula is C17H20N2O6S. The van der Waals surface area contributed by atoms with E-state index in [2.05, 4.69) is 16.0 Å². The smallest absolute Gasteiger partial charge is 0.326 e. The van der Waals surface area contributed by atoms with Gasteiger partial charge in [-0.25, -0.2) is 13.2 Å². The van der Waals surface area contributed by atoms with Gasteiger partial charge >= 0.3 is 5.97 Å². The monoisotopic (exact) mass is 380 g/mol. The van der Waals surface area contributed by atoms with Crippen molar-refractivity contribution in [3.8, 4) is 12.3 Å². The molecule has 8 nitrogen and oxygen atoms in total. The molecular weight excluding hydrogens is 360 g/mol. The lowest BCUT2D eigenvalue weighted by molar-refractivity contribution is -0.142. The zero-order valence-electron chi connectivity index (χ0n) is 14.0. The van der Waals surface area contributed by atoms with Crippen molar-refractivity contribution in [2.24, 2.45) is 5.92 Å². The van der Waals surface area contributed by atoms with Gasteiger partial charge in [-0.05, 0) is 37.1 Å². The van der Waals surface area contributed by atoms with Gasteiger partial charge < -0.3 is 15.2 Å². The van der Waals surface area contributed by atoms with E-state index in [0.717, 1.165) is 6.42 Å². The molecule has 1 amide bonds. The van der Waals surface area contributed by atoms with Crippen LogP contribution in [-0.2, 0) is 19.6 Å². The van der Waals surface area contributed by atoms with Gasteiger partial charge in [0, 0.05) is 18.1 Å². The Morgan fingerprint density at radius 1 is 1.35 bits per heavy atom. The molecule has 2 rings (SSSR count). The molecule has 1 saturated heterocycles. The van der Waals surface area contributed by atoms with Crippen LogP contribution >= 0.6 is 0 Å². The number of hydrogen-bond donors (Lipinski definition) is 3. The summed E-state index contributed by atoms with van der Waals surface area (Å²) in [6.45, 7) is 0.712. The van der Waals surface area contributed by atoms with Crippen LogP contribution in [0.3, 0.4) is 0 Å². The summed E-state index contributed by atoms with van der Waals surface area (Å²) in [7, 11) is -3.75. The lowest BCUT2D eigenvalue weighted by Crippen LogP contribution is -2.48. The van der Waals surface area contributed by atoms with Gasteiger partial charge in [0.15, 0.2) is 0 Å². The Morgan fingerprint density at radius 2 is 2.04 bits per heavy atom. The summed E-state index contributed by atoms with van der Waals surface area (Å²) in [5.74, 6) is 0.132. The Bertz CT molecular complexity index is 792. The first-order valence-electron chi connectivity index (χ1n) is 8.00. The predicted octanol–water partition coefficient (Wildman–Crippen LogP) is 0.208. The lowest BCUT2D eigenvalue weighted by atomic mass is 9.93. The van der Waals surface area contributed by atoms with E-state index in [1.165, 1.54) is 24.3 Å². The minimum absolute atomic E-state index is 0.0419. The SMILES string of the molecule is C#CCNS(=O)(=O)c1ccc(C(=O)NC(C(=O)O)C2CCCOC2)cc1. The number of terminal acetylenes is 1. The van der Waals surface area contributed by atoms with Gasteiger partial charge in [0.1, 0.15) is 6.04 Å². The molecule has 0 bridgehead atoms. The Labute approximate surface area is 152 Å². The minimum Gasteiger partial charge on any atom is -0.480 e. The van der Waals surface area contributed by atoms with Gasteiger partial charge in [-0.2, -0.15) is 4.72 Å². The Hall–Kier alpha value is -2.41. The fourth-order valence-electron chi connectivity index (χ4n) is 2.64. The van der Waals surface area contributed by atoms with Crippen molar-refractivity contribution >= 4 is 21.9 Å². The zero-order chi connectivity index (χ0) is 19.2. The summed E-state index contributed by atoms with van der Waals surface area (Å²) in [6.07, 6.45) is 6.41. The molecule has 2 atom stereocenters.